The van der Waals surface area contributed by atoms with Crippen molar-refractivity contribution in [2.45, 2.75) is 46.0 Å². The average Bonchev–Trinajstić information content (AvgIpc) is 2.49. The van der Waals surface area contributed by atoms with Crippen molar-refractivity contribution in [1.82, 2.24) is 5.32 Å². The molecule has 0 aliphatic heterocycles. The molecule has 2 amide bonds. The van der Waals surface area contributed by atoms with Gasteiger partial charge in [-0.15, -0.1) is 0 Å². The molecule has 0 fully saturated rings. The molecule has 1 aromatic carbocycles. The van der Waals surface area contributed by atoms with Crippen LogP contribution in [0.25, 0.3) is 0 Å². The number of hydrogen-bond donors (Lipinski definition) is 3. The molecule has 0 unspecified atom stereocenters. The molecule has 0 aliphatic rings. The van der Waals surface area contributed by atoms with Crippen molar-refractivity contribution in [2.24, 2.45) is 0 Å². The second-order valence-electron chi connectivity index (χ2n) is 4.94. The maximum atomic E-state index is 11.6. The summed E-state index contributed by atoms with van der Waals surface area (Å²) >= 11 is 5.10. The highest BCUT2D eigenvalue weighted by atomic mass is 32.1. The second kappa shape index (κ2) is 9.89. The quantitative estimate of drug-likeness (QED) is 0.531. The topological polar surface area (TPSA) is 70.2 Å². The van der Waals surface area contributed by atoms with E-state index < -0.39 is 0 Å². The Balaban J connectivity index is 2.41. The molecule has 0 aliphatic carbocycles. The first-order valence-electron chi connectivity index (χ1n) is 7.56. The van der Waals surface area contributed by atoms with Crippen molar-refractivity contribution in [3.05, 3.63) is 24.3 Å². The Morgan fingerprint density at radius 2 is 1.55 bits per heavy atom. The standard InChI is InChI=1S/C16H23N3O2S/c1-3-5-6-7-15(21)19-16(22)18-13-10-8-12(9-11-13)17-14(20)4-2/h8-11H,3-7H2,1-2H3,(H,17,20)(H2,18,19,21,22). The van der Waals surface area contributed by atoms with Crippen LogP contribution < -0.4 is 16.0 Å². The van der Waals surface area contributed by atoms with Crippen LogP contribution in [0.4, 0.5) is 11.4 Å². The van der Waals surface area contributed by atoms with E-state index in [4.69, 9.17) is 12.2 Å². The van der Waals surface area contributed by atoms with Crippen molar-refractivity contribution in [3.8, 4) is 0 Å². The van der Waals surface area contributed by atoms with Crippen molar-refractivity contribution in [3.63, 3.8) is 0 Å². The molecule has 22 heavy (non-hydrogen) atoms. The fourth-order valence-corrected chi connectivity index (χ4v) is 2.00. The Morgan fingerprint density at radius 3 is 2.09 bits per heavy atom. The lowest BCUT2D eigenvalue weighted by Crippen LogP contribution is -2.33. The molecule has 120 valence electrons. The Hall–Kier alpha value is -1.95. The van der Waals surface area contributed by atoms with Crippen LogP contribution in [0.2, 0.25) is 0 Å². The molecule has 0 radical (unpaired) electrons. The Bertz CT molecular complexity index is 515. The third-order valence-electron chi connectivity index (χ3n) is 3.01. The maximum absolute atomic E-state index is 11.6. The molecule has 1 rings (SSSR count). The number of benzene rings is 1. The SMILES string of the molecule is CCCCCC(=O)NC(=S)Nc1ccc(NC(=O)CC)cc1. The number of anilines is 2. The van der Waals surface area contributed by atoms with Crippen LogP contribution in [-0.4, -0.2) is 16.9 Å². The van der Waals surface area contributed by atoms with Gasteiger partial charge in [0, 0.05) is 24.2 Å². The van der Waals surface area contributed by atoms with Gasteiger partial charge in [-0.2, -0.15) is 0 Å². The normalized spacial score (nSPS) is 9.91. The molecule has 5 nitrogen and oxygen atoms in total. The molecular weight excluding hydrogens is 298 g/mol. The molecule has 0 aromatic heterocycles. The van der Waals surface area contributed by atoms with Crippen molar-refractivity contribution < 1.29 is 9.59 Å². The number of nitrogens with one attached hydrogen (secondary N) is 3. The molecule has 6 heteroatoms. The molecular formula is C16H23N3O2S. The molecule has 0 spiro atoms. The number of amides is 2. The van der Waals surface area contributed by atoms with Gasteiger partial charge in [-0.05, 0) is 42.9 Å². The predicted molar refractivity (Wildman–Crippen MR) is 93.9 cm³/mol. The predicted octanol–water partition coefficient (Wildman–Crippen LogP) is 3.43. The largest absolute Gasteiger partial charge is 0.332 e. The summed E-state index contributed by atoms with van der Waals surface area (Å²) in [5.74, 6) is -0.103. The third kappa shape index (κ3) is 7.17. The summed E-state index contributed by atoms with van der Waals surface area (Å²) in [6.07, 6.45) is 3.91. The zero-order valence-corrected chi connectivity index (χ0v) is 13.9. The van der Waals surface area contributed by atoms with Gasteiger partial charge in [-0.3, -0.25) is 9.59 Å². The minimum absolute atomic E-state index is 0.0319. The maximum Gasteiger partial charge on any atom is 0.226 e. The third-order valence-corrected chi connectivity index (χ3v) is 3.21. The summed E-state index contributed by atoms with van der Waals surface area (Å²) in [5.41, 5.74) is 1.49. The van der Waals surface area contributed by atoms with Crippen LogP contribution >= 0.6 is 12.2 Å². The number of carbonyl (C=O) groups excluding carboxylic acids is 2. The van der Waals surface area contributed by atoms with E-state index in [-0.39, 0.29) is 16.9 Å². The molecule has 0 bridgehead atoms. The van der Waals surface area contributed by atoms with Crippen LogP contribution in [0.3, 0.4) is 0 Å². The Labute approximate surface area is 136 Å². The fraction of sp³-hybridized carbons (Fsp3) is 0.438. The van der Waals surface area contributed by atoms with E-state index in [1.165, 1.54) is 0 Å². The van der Waals surface area contributed by atoms with Crippen molar-refractivity contribution in [1.29, 1.82) is 0 Å². The zero-order chi connectivity index (χ0) is 16.4. The van der Waals surface area contributed by atoms with Crippen LogP contribution in [0.15, 0.2) is 24.3 Å². The monoisotopic (exact) mass is 321 g/mol. The number of thiocarbonyl (C=S) groups is 1. The van der Waals surface area contributed by atoms with E-state index in [9.17, 15) is 9.59 Å². The van der Waals surface area contributed by atoms with Gasteiger partial charge in [-0.1, -0.05) is 26.7 Å². The van der Waals surface area contributed by atoms with E-state index in [0.717, 1.165) is 30.6 Å². The number of unbranched alkanes of at least 4 members (excludes halogenated alkanes) is 2. The van der Waals surface area contributed by atoms with E-state index in [0.29, 0.717) is 12.8 Å². The van der Waals surface area contributed by atoms with E-state index >= 15 is 0 Å². The van der Waals surface area contributed by atoms with Gasteiger partial charge in [0.25, 0.3) is 0 Å². The van der Waals surface area contributed by atoms with E-state index in [2.05, 4.69) is 22.9 Å². The summed E-state index contributed by atoms with van der Waals surface area (Å²) in [6.45, 7) is 3.89. The average molecular weight is 321 g/mol. The van der Waals surface area contributed by atoms with Crippen molar-refractivity contribution in [2.75, 3.05) is 10.6 Å². The highest BCUT2D eigenvalue weighted by Gasteiger charge is 2.05. The number of rotatable bonds is 7. The summed E-state index contributed by atoms with van der Waals surface area (Å²) in [5, 5.41) is 8.65. The minimum Gasteiger partial charge on any atom is -0.332 e. The summed E-state index contributed by atoms with van der Waals surface area (Å²) in [7, 11) is 0. The first kappa shape index (κ1) is 18.1. The molecule has 0 atom stereocenters. The summed E-state index contributed by atoms with van der Waals surface area (Å²) < 4.78 is 0. The minimum atomic E-state index is -0.0715. The highest BCUT2D eigenvalue weighted by Crippen LogP contribution is 2.13. The number of carbonyl (C=O) groups is 2. The molecule has 1 aromatic rings. The van der Waals surface area contributed by atoms with E-state index in [1.54, 1.807) is 31.2 Å². The van der Waals surface area contributed by atoms with Crippen LogP contribution in [0, 0.1) is 0 Å². The van der Waals surface area contributed by atoms with Crippen LogP contribution in [0.5, 0.6) is 0 Å². The second-order valence-corrected chi connectivity index (χ2v) is 5.35. The van der Waals surface area contributed by atoms with Gasteiger partial charge >= 0.3 is 0 Å². The van der Waals surface area contributed by atoms with Crippen molar-refractivity contribution >= 4 is 40.5 Å². The first-order valence-corrected chi connectivity index (χ1v) is 7.96. The Kier molecular flexibility index (Phi) is 8.14. The van der Waals surface area contributed by atoms with Crippen LogP contribution in [-0.2, 0) is 9.59 Å². The first-order chi connectivity index (χ1) is 10.5. The molecule has 0 saturated heterocycles. The summed E-state index contributed by atoms with van der Waals surface area (Å²) in [4.78, 5) is 22.9. The van der Waals surface area contributed by atoms with E-state index in [1.807, 2.05) is 0 Å². The molecule has 0 heterocycles. The highest BCUT2D eigenvalue weighted by molar-refractivity contribution is 7.80. The van der Waals surface area contributed by atoms with Gasteiger partial charge in [0.05, 0.1) is 0 Å². The lowest BCUT2D eigenvalue weighted by Gasteiger charge is -2.10. The number of hydrogen-bond acceptors (Lipinski definition) is 3. The van der Waals surface area contributed by atoms with Gasteiger partial charge in [0.15, 0.2) is 5.11 Å². The van der Waals surface area contributed by atoms with Gasteiger partial charge in [0.2, 0.25) is 11.8 Å². The lowest BCUT2D eigenvalue weighted by atomic mass is 10.2. The molecule has 3 N–H and O–H groups in total. The smallest absolute Gasteiger partial charge is 0.226 e. The van der Waals surface area contributed by atoms with Gasteiger partial charge < -0.3 is 16.0 Å². The van der Waals surface area contributed by atoms with Gasteiger partial charge in [0.1, 0.15) is 0 Å². The Morgan fingerprint density at radius 1 is 0.955 bits per heavy atom. The summed E-state index contributed by atoms with van der Waals surface area (Å²) in [6, 6.07) is 7.14. The van der Waals surface area contributed by atoms with Gasteiger partial charge in [-0.25, -0.2) is 0 Å². The molecule has 0 saturated carbocycles. The fourth-order valence-electron chi connectivity index (χ4n) is 1.77. The zero-order valence-electron chi connectivity index (χ0n) is 13.1. The lowest BCUT2D eigenvalue weighted by molar-refractivity contribution is -0.119. The van der Waals surface area contributed by atoms with Crippen LogP contribution in [0.1, 0.15) is 46.0 Å².